The lowest BCUT2D eigenvalue weighted by atomic mass is 10.1. The van der Waals surface area contributed by atoms with Gasteiger partial charge in [0.25, 0.3) is 0 Å². The molecule has 0 aliphatic heterocycles. The number of rotatable bonds is 5. The highest BCUT2D eigenvalue weighted by Crippen LogP contribution is 2.05. The maximum Gasteiger partial charge on any atom is 0.239 e. The van der Waals surface area contributed by atoms with Crippen molar-refractivity contribution in [3.05, 3.63) is 35.4 Å². The first-order valence-electron chi connectivity index (χ1n) is 5.41. The Balaban J connectivity index is 0.00000289. The van der Waals surface area contributed by atoms with Gasteiger partial charge in [0.1, 0.15) is 0 Å². The third kappa shape index (κ3) is 5.65. The summed E-state index contributed by atoms with van der Waals surface area (Å²) in [5, 5.41) is 5.13. The standard InChI is InChI=1S/C12H17N3O2.ClH/c1-9-4-2-3-5-10(9)7-14-12(17)8-15-11(16)6-13;/h2-5H,6-8,13H2,1H3,(H,14,17)(H,15,16);1H. The van der Waals surface area contributed by atoms with Crippen molar-refractivity contribution >= 4 is 24.2 Å². The van der Waals surface area contributed by atoms with Gasteiger partial charge in [0, 0.05) is 6.54 Å². The topological polar surface area (TPSA) is 84.2 Å². The van der Waals surface area contributed by atoms with Gasteiger partial charge in [0.15, 0.2) is 0 Å². The Morgan fingerprint density at radius 1 is 1.17 bits per heavy atom. The first-order valence-corrected chi connectivity index (χ1v) is 5.41. The molecule has 4 N–H and O–H groups in total. The lowest BCUT2D eigenvalue weighted by Gasteiger charge is -2.08. The van der Waals surface area contributed by atoms with Gasteiger partial charge in [-0.05, 0) is 18.1 Å². The summed E-state index contributed by atoms with van der Waals surface area (Å²) < 4.78 is 0. The van der Waals surface area contributed by atoms with Crippen molar-refractivity contribution in [2.75, 3.05) is 13.1 Å². The molecular formula is C12H18ClN3O2. The zero-order chi connectivity index (χ0) is 12.7. The predicted octanol–water partition coefficient (Wildman–Crippen LogP) is 0.108. The fraction of sp³-hybridized carbons (Fsp3) is 0.333. The number of nitrogens with two attached hydrogens (primary N) is 1. The predicted molar refractivity (Wildman–Crippen MR) is 72.3 cm³/mol. The monoisotopic (exact) mass is 271 g/mol. The van der Waals surface area contributed by atoms with E-state index in [4.69, 9.17) is 5.73 Å². The summed E-state index contributed by atoms with van der Waals surface area (Å²) in [5.41, 5.74) is 7.28. The molecule has 0 heterocycles. The van der Waals surface area contributed by atoms with Gasteiger partial charge in [0.2, 0.25) is 11.8 Å². The summed E-state index contributed by atoms with van der Waals surface area (Å²) in [6.45, 7) is 2.30. The van der Waals surface area contributed by atoms with Gasteiger partial charge in [-0.25, -0.2) is 0 Å². The van der Waals surface area contributed by atoms with Gasteiger partial charge >= 0.3 is 0 Å². The van der Waals surface area contributed by atoms with Crippen molar-refractivity contribution in [3.8, 4) is 0 Å². The molecule has 0 aromatic heterocycles. The molecule has 6 heteroatoms. The summed E-state index contributed by atoms with van der Waals surface area (Å²) in [5.74, 6) is -0.564. The number of nitrogens with one attached hydrogen (secondary N) is 2. The van der Waals surface area contributed by atoms with Crippen LogP contribution in [0.1, 0.15) is 11.1 Å². The summed E-state index contributed by atoms with van der Waals surface area (Å²) in [6, 6.07) is 7.80. The Morgan fingerprint density at radius 3 is 2.44 bits per heavy atom. The van der Waals surface area contributed by atoms with E-state index < -0.39 is 0 Å². The van der Waals surface area contributed by atoms with Crippen LogP contribution in [0.2, 0.25) is 0 Å². The molecule has 1 aromatic carbocycles. The highest BCUT2D eigenvalue weighted by Gasteiger charge is 2.04. The van der Waals surface area contributed by atoms with E-state index in [0.717, 1.165) is 11.1 Å². The van der Waals surface area contributed by atoms with Crippen molar-refractivity contribution in [3.63, 3.8) is 0 Å². The van der Waals surface area contributed by atoms with Crippen molar-refractivity contribution in [1.29, 1.82) is 0 Å². The van der Waals surface area contributed by atoms with Gasteiger partial charge in [-0.3, -0.25) is 9.59 Å². The second-order valence-electron chi connectivity index (χ2n) is 3.68. The van der Waals surface area contributed by atoms with Crippen LogP contribution in [0.25, 0.3) is 0 Å². The second-order valence-corrected chi connectivity index (χ2v) is 3.68. The molecule has 0 unspecified atom stereocenters. The Bertz CT molecular complexity index is 410. The second kappa shape index (κ2) is 8.49. The van der Waals surface area contributed by atoms with Crippen LogP contribution < -0.4 is 16.4 Å². The SMILES string of the molecule is Cc1ccccc1CNC(=O)CNC(=O)CN.Cl. The number of halogens is 1. The summed E-state index contributed by atoms with van der Waals surface area (Å²) in [6.07, 6.45) is 0. The fourth-order valence-corrected chi connectivity index (χ4v) is 1.32. The van der Waals surface area contributed by atoms with Crippen molar-refractivity contribution in [2.45, 2.75) is 13.5 Å². The van der Waals surface area contributed by atoms with E-state index in [-0.39, 0.29) is 37.3 Å². The molecular weight excluding hydrogens is 254 g/mol. The minimum Gasteiger partial charge on any atom is -0.350 e. The molecule has 18 heavy (non-hydrogen) atoms. The molecule has 1 rings (SSSR count). The number of hydrogen-bond donors (Lipinski definition) is 3. The van der Waals surface area contributed by atoms with Crippen LogP contribution >= 0.6 is 12.4 Å². The molecule has 5 nitrogen and oxygen atoms in total. The Morgan fingerprint density at radius 2 is 1.83 bits per heavy atom. The van der Waals surface area contributed by atoms with E-state index >= 15 is 0 Å². The number of benzene rings is 1. The van der Waals surface area contributed by atoms with Crippen molar-refractivity contribution in [1.82, 2.24) is 10.6 Å². The van der Waals surface area contributed by atoms with Gasteiger partial charge in [-0.15, -0.1) is 12.4 Å². The fourth-order valence-electron chi connectivity index (χ4n) is 1.32. The van der Waals surface area contributed by atoms with E-state index in [9.17, 15) is 9.59 Å². The number of aryl methyl sites for hydroxylation is 1. The van der Waals surface area contributed by atoms with E-state index in [0.29, 0.717) is 6.54 Å². The quantitative estimate of drug-likeness (QED) is 0.711. The number of carbonyl (C=O) groups is 2. The summed E-state index contributed by atoms with van der Waals surface area (Å²) in [4.78, 5) is 22.2. The maximum absolute atomic E-state index is 11.4. The number of amides is 2. The van der Waals surface area contributed by atoms with Crippen LogP contribution in [-0.2, 0) is 16.1 Å². The number of carbonyl (C=O) groups excluding carboxylic acids is 2. The molecule has 0 bridgehead atoms. The molecule has 1 aromatic rings. The van der Waals surface area contributed by atoms with Gasteiger partial charge in [-0.1, -0.05) is 24.3 Å². The van der Waals surface area contributed by atoms with Crippen LogP contribution in [0.4, 0.5) is 0 Å². The van der Waals surface area contributed by atoms with Gasteiger partial charge in [-0.2, -0.15) is 0 Å². The van der Waals surface area contributed by atoms with E-state index in [1.807, 2.05) is 31.2 Å². The first kappa shape index (κ1) is 16.4. The zero-order valence-corrected chi connectivity index (χ0v) is 11.0. The Kier molecular flexibility index (Phi) is 7.74. The molecule has 2 amide bonds. The highest BCUT2D eigenvalue weighted by molar-refractivity contribution is 5.85. The first-order chi connectivity index (χ1) is 8.13. The van der Waals surface area contributed by atoms with Crippen molar-refractivity contribution in [2.24, 2.45) is 5.73 Å². The third-order valence-corrected chi connectivity index (χ3v) is 2.37. The molecule has 0 radical (unpaired) electrons. The minimum absolute atomic E-state index is 0. The molecule has 0 aliphatic rings. The highest BCUT2D eigenvalue weighted by atomic mass is 35.5. The largest absolute Gasteiger partial charge is 0.350 e. The molecule has 100 valence electrons. The van der Waals surface area contributed by atoms with Crippen LogP contribution in [0.5, 0.6) is 0 Å². The average molecular weight is 272 g/mol. The summed E-state index contributed by atoms with van der Waals surface area (Å²) in [7, 11) is 0. The van der Waals surface area contributed by atoms with E-state index in [1.165, 1.54) is 0 Å². The molecule has 0 saturated carbocycles. The van der Waals surface area contributed by atoms with E-state index in [2.05, 4.69) is 10.6 Å². The molecule has 0 fully saturated rings. The third-order valence-electron chi connectivity index (χ3n) is 2.37. The minimum atomic E-state index is -0.337. The lowest BCUT2D eigenvalue weighted by molar-refractivity contribution is -0.125. The molecule has 0 aliphatic carbocycles. The zero-order valence-electron chi connectivity index (χ0n) is 10.2. The smallest absolute Gasteiger partial charge is 0.239 e. The Labute approximate surface area is 113 Å². The maximum atomic E-state index is 11.4. The van der Waals surface area contributed by atoms with Crippen LogP contribution in [0, 0.1) is 6.92 Å². The average Bonchev–Trinajstić information content (AvgIpc) is 2.35. The molecule has 0 saturated heterocycles. The van der Waals surface area contributed by atoms with Crippen LogP contribution in [-0.4, -0.2) is 24.9 Å². The molecule has 0 atom stereocenters. The summed E-state index contributed by atoms with van der Waals surface area (Å²) >= 11 is 0. The normalized spacial score (nSPS) is 9.22. The Hall–Kier alpha value is -1.59. The van der Waals surface area contributed by atoms with Gasteiger partial charge in [0.05, 0.1) is 13.1 Å². The van der Waals surface area contributed by atoms with Crippen LogP contribution in [0.3, 0.4) is 0 Å². The van der Waals surface area contributed by atoms with Crippen molar-refractivity contribution < 1.29 is 9.59 Å². The van der Waals surface area contributed by atoms with Crippen LogP contribution in [0.15, 0.2) is 24.3 Å². The van der Waals surface area contributed by atoms with E-state index in [1.54, 1.807) is 0 Å². The van der Waals surface area contributed by atoms with Gasteiger partial charge < -0.3 is 16.4 Å². The molecule has 0 spiro atoms. The number of hydrogen-bond acceptors (Lipinski definition) is 3. The lowest BCUT2D eigenvalue weighted by Crippen LogP contribution is -2.39.